The summed E-state index contributed by atoms with van der Waals surface area (Å²) in [5.74, 6) is 0.131. The van der Waals surface area contributed by atoms with Crippen LogP contribution in [0, 0.1) is 0 Å². The van der Waals surface area contributed by atoms with Gasteiger partial charge in [-0.15, -0.1) is 0 Å². The summed E-state index contributed by atoms with van der Waals surface area (Å²) in [5.41, 5.74) is 0. The predicted octanol–water partition coefficient (Wildman–Crippen LogP) is 0.193. The molecule has 1 amide bonds. The van der Waals surface area contributed by atoms with Gasteiger partial charge in [-0.25, -0.2) is 0 Å². The van der Waals surface area contributed by atoms with Crippen molar-refractivity contribution in [2.24, 2.45) is 0 Å². The van der Waals surface area contributed by atoms with Crippen LogP contribution in [-0.2, 0) is 4.79 Å². The lowest BCUT2D eigenvalue weighted by atomic mass is 10.1. The zero-order chi connectivity index (χ0) is 11.4. The Bertz CT molecular complexity index is 218. The first-order chi connectivity index (χ1) is 6.99. The molecule has 0 bridgehead atoms. The first-order valence-electron chi connectivity index (χ1n) is 5.76. The molecule has 15 heavy (non-hydrogen) atoms. The van der Waals surface area contributed by atoms with Crippen molar-refractivity contribution < 1.29 is 4.79 Å². The highest BCUT2D eigenvalue weighted by molar-refractivity contribution is 5.78. The van der Waals surface area contributed by atoms with Crippen LogP contribution in [0.2, 0.25) is 0 Å². The van der Waals surface area contributed by atoms with E-state index < -0.39 is 0 Å². The third-order valence-corrected chi connectivity index (χ3v) is 2.69. The number of nitrogens with zero attached hydrogens (tertiary/aromatic N) is 1. The lowest BCUT2D eigenvalue weighted by molar-refractivity contribution is -0.123. The molecule has 2 atom stereocenters. The van der Waals surface area contributed by atoms with E-state index in [1.165, 1.54) is 0 Å². The minimum absolute atomic E-state index is 0.131. The molecule has 2 unspecified atom stereocenters. The molecule has 1 aliphatic heterocycles. The molecule has 1 rings (SSSR count). The number of carbonyl (C=O) groups excluding carboxylic acids is 1. The van der Waals surface area contributed by atoms with Gasteiger partial charge >= 0.3 is 0 Å². The van der Waals surface area contributed by atoms with Gasteiger partial charge in [-0.3, -0.25) is 9.69 Å². The quantitative estimate of drug-likeness (QED) is 0.703. The second kappa shape index (κ2) is 5.47. The van der Waals surface area contributed by atoms with Crippen LogP contribution in [0.3, 0.4) is 0 Å². The van der Waals surface area contributed by atoms with Crippen LogP contribution in [0.4, 0.5) is 0 Å². The van der Waals surface area contributed by atoms with Gasteiger partial charge in [0.1, 0.15) is 0 Å². The van der Waals surface area contributed by atoms with E-state index in [0.717, 1.165) is 13.1 Å². The first kappa shape index (κ1) is 12.5. The smallest absolute Gasteiger partial charge is 0.234 e. The van der Waals surface area contributed by atoms with Gasteiger partial charge in [-0.2, -0.15) is 0 Å². The molecule has 1 aliphatic rings. The van der Waals surface area contributed by atoms with Crippen LogP contribution < -0.4 is 10.6 Å². The molecule has 4 nitrogen and oxygen atoms in total. The molecular weight excluding hydrogens is 190 g/mol. The largest absolute Gasteiger partial charge is 0.353 e. The number of rotatable bonds is 3. The van der Waals surface area contributed by atoms with E-state index in [4.69, 9.17) is 0 Å². The van der Waals surface area contributed by atoms with Gasteiger partial charge in [-0.1, -0.05) is 0 Å². The molecule has 0 saturated carbocycles. The Morgan fingerprint density at radius 3 is 2.80 bits per heavy atom. The van der Waals surface area contributed by atoms with Crippen LogP contribution in [0.1, 0.15) is 27.7 Å². The average Bonchev–Trinajstić information content (AvgIpc) is 2.10. The lowest BCUT2D eigenvalue weighted by Crippen LogP contribution is -2.56. The molecular formula is C11H23N3O. The van der Waals surface area contributed by atoms with Gasteiger partial charge in [0.15, 0.2) is 0 Å². The molecule has 0 radical (unpaired) electrons. The molecule has 1 heterocycles. The van der Waals surface area contributed by atoms with Gasteiger partial charge in [-0.05, 0) is 27.7 Å². The number of hydrogen-bond acceptors (Lipinski definition) is 3. The molecule has 0 aromatic heterocycles. The predicted molar refractivity (Wildman–Crippen MR) is 61.8 cm³/mol. The normalized spacial score (nSPS) is 28.1. The van der Waals surface area contributed by atoms with Crippen LogP contribution in [0.5, 0.6) is 0 Å². The van der Waals surface area contributed by atoms with E-state index in [2.05, 4.69) is 29.4 Å². The van der Waals surface area contributed by atoms with E-state index in [1.807, 2.05) is 13.8 Å². The summed E-state index contributed by atoms with van der Waals surface area (Å²) in [6, 6.07) is 1.15. The maximum Gasteiger partial charge on any atom is 0.234 e. The number of nitrogens with one attached hydrogen (secondary N) is 2. The summed E-state index contributed by atoms with van der Waals surface area (Å²) < 4.78 is 0. The Morgan fingerprint density at radius 1 is 1.53 bits per heavy atom. The molecule has 0 aliphatic carbocycles. The monoisotopic (exact) mass is 213 g/mol. The van der Waals surface area contributed by atoms with E-state index in [0.29, 0.717) is 18.6 Å². The zero-order valence-corrected chi connectivity index (χ0v) is 10.2. The average molecular weight is 213 g/mol. The van der Waals surface area contributed by atoms with Crippen molar-refractivity contribution in [1.29, 1.82) is 0 Å². The van der Waals surface area contributed by atoms with Gasteiger partial charge in [0.05, 0.1) is 6.54 Å². The Kier molecular flexibility index (Phi) is 4.54. The fraction of sp³-hybridized carbons (Fsp3) is 0.909. The van der Waals surface area contributed by atoms with E-state index in [9.17, 15) is 4.79 Å². The lowest BCUT2D eigenvalue weighted by Gasteiger charge is -2.37. The summed E-state index contributed by atoms with van der Waals surface area (Å²) in [4.78, 5) is 13.8. The van der Waals surface area contributed by atoms with Gasteiger partial charge in [0, 0.05) is 31.2 Å². The maximum atomic E-state index is 11.6. The Hall–Kier alpha value is -0.610. The Morgan fingerprint density at radius 2 is 2.20 bits per heavy atom. The second-order valence-corrected chi connectivity index (χ2v) is 4.81. The third kappa shape index (κ3) is 4.18. The van der Waals surface area contributed by atoms with Crippen molar-refractivity contribution in [2.75, 3.05) is 19.6 Å². The fourth-order valence-corrected chi connectivity index (χ4v) is 1.87. The zero-order valence-electron chi connectivity index (χ0n) is 10.2. The van der Waals surface area contributed by atoms with E-state index >= 15 is 0 Å². The summed E-state index contributed by atoms with van der Waals surface area (Å²) in [6.07, 6.45) is 0. The molecule has 2 N–H and O–H groups in total. The van der Waals surface area contributed by atoms with Gasteiger partial charge < -0.3 is 10.6 Å². The van der Waals surface area contributed by atoms with Crippen molar-refractivity contribution in [3.05, 3.63) is 0 Å². The number of hydrogen-bond donors (Lipinski definition) is 2. The highest BCUT2D eigenvalue weighted by atomic mass is 16.2. The summed E-state index contributed by atoms with van der Waals surface area (Å²) in [6.45, 7) is 10.7. The van der Waals surface area contributed by atoms with Crippen molar-refractivity contribution in [3.8, 4) is 0 Å². The van der Waals surface area contributed by atoms with Crippen molar-refractivity contribution in [2.45, 2.75) is 45.8 Å². The SMILES string of the molecule is CC(C)NC(=O)CN1CC(C)NCC1C. The standard InChI is InChI=1S/C11H23N3O/c1-8(2)13-11(15)7-14-6-9(3)12-5-10(14)4/h8-10,12H,5-7H2,1-4H3,(H,13,15). The topological polar surface area (TPSA) is 44.4 Å². The molecule has 0 spiro atoms. The summed E-state index contributed by atoms with van der Waals surface area (Å²) in [5, 5.41) is 6.33. The number of amides is 1. The molecule has 88 valence electrons. The van der Waals surface area contributed by atoms with Gasteiger partial charge in [0.2, 0.25) is 5.91 Å². The number of piperazine rings is 1. The second-order valence-electron chi connectivity index (χ2n) is 4.81. The Balaban J connectivity index is 2.38. The van der Waals surface area contributed by atoms with E-state index in [-0.39, 0.29) is 11.9 Å². The van der Waals surface area contributed by atoms with Crippen LogP contribution >= 0.6 is 0 Å². The van der Waals surface area contributed by atoms with Crippen molar-refractivity contribution in [3.63, 3.8) is 0 Å². The Labute approximate surface area is 92.4 Å². The molecule has 1 fully saturated rings. The van der Waals surface area contributed by atoms with Crippen LogP contribution in [-0.4, -0.2) is 48.6 Å². The van der Waals surface area contributed by atoms with Crippen molar-refractivity contribution in [1.82, 2.24) is 15.5 Å². The number of carbonyl (C=O) groups is 1. The summed E-state index contributed by atoms with van der Waals surface area (Å²) >= 11 is 0. The minimum atomic E-state index is 0.131. The third-order valence-electron chi connectivity index (χ3n) is 2.69. The maximum absolute atomic E-state index is 11.6. The summed E-state index contributed by atoms with van der Waals surface area (Å²) in [7, 11) is 0. The van der Waals surface area contributed by atoms with Crippen molar-refractivity contribution >= 4 is 5.91 Å². The van der Waals surface area contributed by atoms with Crippen LogP contribution in [0.15, 0.2) is 0 Å². The highest BCUT2D eigenvalue weighted by Gasteiger charge is 2.23. The molecule has 4 heteroatoms. The molecule has 0 aromatic carbocycles. The fourth-order valence-electron chi connectivity index (χ4n) is 1.87. The molecule has 1 saturated heterocycles. The first-order valence-corrected chi connectivity index (χ1v) is 5.76. The highest BCUT2D eigenvalue weighted by Crippen LogP contribution is 2.05. The van der Waals surface area contributed by atoms with Gasteiger partial charge in [0.25, 0.3) is 0 Å². The van der Waals surface area contributed by atoms with Crippen LogP contribution in [0.25, 0.3) is 0 Å². The minimum Gasteiger partial charge on any atom is -0.353 e. The van der Waals surface area contributed by atoms with E-state index in [1.54, 1.807) is 0 Å². The molecule has 0 aromatic rings.